The quantitative estimate of drug-likeness (QED) is 0.661. The summed E-state index contributed by atoms with van der Waals surface area (Å²) in [6.07, 6.45) is 1.26. The van der Waals surface area contributed by atoms with Crippen LogP contribution in [0.15, 0.2) is 66.7 Å². The fraction of sp³-hybridized carbons (Fsp3) is 0.250. The van der Waals surface area contributed by atoms with Crippen LogP contribution in [0.2, 0.25) is 0 Å². The van der Waals surface area contributed by atoms with E-state index in [-0.39, 0.29) is 23.5 Å². The van der Waals surface area contributed by atoms with E-state index in [1.807, 2.05) is 43.4 Å². The van der Waals surface area contributed by atoms with Gasteiger partial charge in [0.2, 0.25) is 5.91 Å². The highest BCUT2D eigenvalue weighted by atomic mass is 19.1. The number of halogens is 1. The van der Waals surface area contributed by atoms with Gasteiger partial charge in [0, 0.05) is 37.3 Å². The number of rotatable bonds is 3. The molecule has 1 fully saturated rings. The summed E-state index contributed by atoms with van der Waals surface area (Å²) in [4.78, 5) is 29.0. The molecule has 5 heteroatoms. The van der Waals surface area contributed by atoms with E-state index in [9.17, 15) is 14.0 Å². The Kier molecular flexibility index (Phi) is 5.30. The second-order valence-electron chi connectivity index (χ2n) is 7.50. The predicted octanol–water partition coefficient (Wildman–Crippen LogP) is 4.49. The van der Waals surface area contributed by atoms with E-state index in [1.54, 1.807) is 9.80 Å². The molecule has 1 aliphatic rings. The monoisotopic (exact) mass is 390 g/mol. The standard InChI is InChI=1S/C24H23FN2O2/c1-26(22-11-8-17-4-2-3-5-20(17)16-22)23(28)19-12-14-27(15-13-19)24(29)18-6-9-21(25)10-7-18/h2-11,16,19H,12-15H2,1H3. The van der Waals surface area contributed by atoms with E-state index in [0.717, 1.165) is 16.5 Å². The Morgan fingerprint density at radius 2 is 1.59 bits per heavy atom. The molecule has 0 unspecified atom stereocenters. The minimum atomic E-state index is -0.359. The Morgan fingerprint density at radius 3 is 2.28 bits per heavy atom. The van der Waals surface area contributed by atoms with Crippen molar-refractivity contribution in [3.8, 4) is 0 Å². The third-order valence-corrected chi connectivity index (χ3v) is 5.67. The van der Waals surface area contributed by atoms with Gasteiger partial charge in [0.25, 0.3) is 5.91 Å². The molecule has 0 atom stereocenters. The summed E-state index contributed by atoms with van der Waals surface area (Å²) in [5, 5.41) is 2.24. The minimum Gasteiger partial charge on any atom is -0.339 e. The molecule has 0 bridgehead atoms. The summed E-state index contributed by atoms with van der Waals surface area (Å²) in [5.74, 6) is -0.501. The fourth-order valence-corrected chi connectivity index (χ4v) is 3.89. The van der Waals surface area contributed by atoms with E-state index in [1.165, 1.54) is 24.3 Å². The van der Waals surface area contributed by atoms with Gasteiger partial charge in [0.05, 0.1) is 0 Å². The molecule has 0 aromatic heterocycles. The van der Waals surface area contributed by atoms with Crippen LogP contribution >= 0.6 is 0 Å². The zero-order valence-corrected chi connectivity index (χ0v) is 16.3. The minimum absolute atomic E-state index is 0.0779. The third-order valence-electron chi connectivity index (χ3n) is 5.67. The maximum atomic E-state index is 13.1. The van der Waals surface area contributed by atoms with E-state index in [0.29, 0.717) is 31.5 Å². The molecule has 3 aromatic carbocycles. The van der Waals surface area contributed by atoms with Crippen molar-refractivity contribution >= 4 is 28.3 Å². The second-order valence-corrected chi connectivity index (χ2v) is 7.50. The highest BCUT2D eigenvalue weighted by Crippen LogP contribution is 2.26. The van der Waals surface area contributed by atoms with Gasteiger partial charge in [0.1, 0.15) is 5.82 Å². The summed E-state index contributed by atoms with van der Waals surface area (Å²) in [5.41, 5.74) is 1.35. The molecular weight excluding hydrogens is 367 g/mol. The number of carbonyl (C=O) groups is 2. The van der Waals surface area contributed by atoms with Gasteiger partial charge < -0.3 is 9.80 Å². The molecule has 148 valence electrons. The van der Waals surface area contributed by atoms with Crippen LogP contribution in [0, 0.1) is 11.7 Å². The van der Waals surface area contributed by atoms with Crippen LogP contribution in [0.5, 0.6) is 0 Å². The third kappa shape index (κ3) is 3.99. The number of benzene rings is 3. The van der Waals surface area contributed by atoms with Gasteiger partial charge in [-0.1, -0.05) is 30.3 Å². The molecule has 0 aliphatic carbocycles. The Bertz CT molecular complexity index is 1040. The highest BCUT2D eigenvalue weighted by Gasteiger charge is 2.30. The number of nitrogens with zero attached hydrogens (tertiary/aromatic N) is 2. The van der Waals surface area contributed by atoms with Gasteiger partial charge >= 0.3 is 0 Å². The molecule has 0 N–H and O–H groups in total. The lowest BCUT2D eigenvalue weighted by Gasteiger charge is -2.33. The lowest BCUT2D eigenvalue weighted by atomic mass is 9.94. The number of piperidine rings is 1. The first-order valence-electron chi connectivity index (χ1n) is 9.84. The van der Waals surface area contributed by atoms with Crippen LogP contribution in [0.25, 0.3) is 10.8 Å². The van der Waals surface area contributed by atoms with E-state index < -0.39 is 0 Å². The molecule has 2 amide bonds. The molecule has 1 aliphatic heterocycles. The number of carbonyl (C=O) groups excluding carboxylic acids is 2. The molecule has 0 spiro atoms. The number of anilines is 1. The van der Waals surface area contributed by atoms with Crippen molar-refractivity contribution in [3.63, 3.8) is 0 Å². The normalized spacial score (nSPS) is 14.8. The van der Waals surface area contributed by atoms with Gasteiger partial charge in [-0.3, -0.25) is 9.59 Å². The molecule has 0 saturated carbocycles. The summed E-state index contributed by atoms with van der Waals surface area (Å²) in [6.45, 7) is 1.05. The molecule has 4 nitrogen and oxygen atoms in total. The van der Waals surface area contributed by atoms with Gasteiger partial charge in [-0.15, -0.1) is 0 Å². The summed E-state index contributed by atoms with van der Waals surface area (Å²) >= 11 is 0. The van der Waals surface area contributed by atoms with Crippen molar-refractivity contribution in [1.29, 1.82) is 0 Å². The first kappa shape index (κ1) is 19.1. The lowest BCUT2D eigenvalue weighted by Crippen LogP contribution is -2.43. The predicted molar refractivity (Wildman–Crippen MR) is 112 cm³/mol. The number of hydrogen-bond donors (Lipinski definition) is 0. The molecule has 3 aromatic rings. The van der Waals surface area contributed by atoms with Gasteiger partial charge in [-0.25, -0.2) is 4.39 Å². The van der Waals surface area contributed by atoms with Gasteiger partial charge in [-0.2, -0.15) is 0 Å². The molecule has 0 radical (unpaired) electrons. The lowest BCUT2D eigenvalue weighted by molar-refractivity contribution is -0.123. The van der Waals surface area contributed by atoms with Crippen LogP contribution in [0.3, 0.4) is 0 Å². The largest absolute Gasteiger partial charge is 0.339 e. The summed E-state index contributed by atoms with van der Waals surface area (Å²) in [6, 6.07) is 19.7. The maximum Gasteiger partial charge on any atom is 0.253 e. The molecule has 29 heavy (non-hydrogen) atoms. The smallest absolute Gasteiger partial charge is 0.253 e. The van der Waals surface area contributed by atoms with Crippen LogP contribution < -0.4 is 4.90 Å². The molecule has 4 rings (SSSR count). The van der Waals surface area contributed by atoms with Gasteiger partial charge in [0.15, 0.2) is 0 Å². The summed E-state index contributed by atoms with van der Waals surface area (Å²) < 4.78 is 13.1. The molecule has 1 heterocycles. The average molecular weight is 390 g/mol. The zero-order chi connectivity index (χ0) is 20.4. The first-order valence-corrected chi connectivity index (χ1v) is 9.84. The van der Waals surface area contributed by atoms with Crippen LogP contribution in [-0.4, -0.2) is 36.9 Å². The van der Waals surface area contributed by atoms with Crippen molar-refractivity contribution in [3.05, 3.63) is 78.1 Å². The number of likely N-dealkylation sites (tertiary alicyclic amines) is 1. The highest BCUT2D eigenvalue weighted by molar-refractivity contribution is 5.98. The second kappa shape index (κ2) is 8.03. The van der Waals surface area contributed by atoms with Crippen molar-refractivity contribution in [2.45, 2.75) is 12.8 Å². The van der Waals surface area contributed by atoms with E-state index in [2.05, 4.69) is 6.07 Å². The van der Waals surface area contributed by atoms with Crippen molar-refractivity contribution < 1.29 is 14.0 Å². The summed E-state index contributed by atoms with van der Waals surface area (Å²) in [7, 11) is 1.81. The van der Waals surface area contributed by atoms with Crippen molar-refractivity contribution in [2.24, 2.45) is 5.92 Å². The number of hydrogen-bond acceptors (Lipinski definition) is 2. The van der Waals surface area contributed by atoms with Crippen LogP contribution in [0.4, 0.5) is 10.1 Å². The Labute approximate surface area is 169 Å². The molecular formula is C24H23FN2O2. The van der Waals surface area contributed by atoms with Crippen LogP contribution in [0.1, 0.15) is 23.2 Å². The first-order chi connectivity index (χ1) is 14.0. The Balaban J connectivity index is 1.40. The Morgan fingerprint density at radius 1 is 0.931 bits per heavy atom. The van der Waals surface area contributed by atoms with Crippen LogP contribution in [-0.2, 0) is 4.79 Å². The fourth-order valence-electron chi connectivity index (χ4n) is 3.89. The topological polar surface area (TPSA) is 40.6 Å². The van der Waals surface area contributed by atoms with Crippen molar-refractivity contribution in [1.82, 2.24) is 4.90 Å². The van der Waals surface area contributed by atoms with Gasteiger partial charge in [-0.05, 0) is 60.0 Å². The van der Waals surface area contributed by atoms with E-state index in [4.69, 9.17) is 0 Å². The average Bonchev–Trinajstić information content (AvgIpc) is 2.78. The molecule has 1 saturated heterocycles. The van der Waals surface area contributed by atoms with Crippen molar-refractivity contribution in [2.75, 3.05) is 25.0 Å². The number of amides is 2. The number of fused-ring (bicyclic) bond motifs is 1. The Hall–Kier alpha value is -3.21. The zero-order valence-electron chi connectivity index (χ0n) is 16.3. The van der Waals surface area contributed by atoms with E-state index >= 15 is 0 Å². The SMILES string of the molecule is CN(C(=O)C1CCN(C(=O)c2ccc(F)cc2)CC1)c1ccc2ccccc2c1. The maximum absolute atomic E-state index is 13.1.